The van der Waals surface area contributed by atoms with Crippen LogP contribution in [0.2, 0.25) is 0 Å². The number of aliphatic hydroxyl groups is 1. The van der Waals surface area contributed by atoms with Crippen molar-refractivity contribution in [1.29, 1.82) is 0 Å². The highest BCUT2D eigenvalue weighted by atomic mass is 19.1. The third kappa shape index (κ3) is 3.96. The number of benzene rings is 1. The van der Waals surface area contributed by atoms with Crippen molar-refractivity contribution >= 4 is 0 Å². The molecule has 3 nitrogen and oxygen atoms in total. The molecule has 1 saturated heterocycles. The van der Waals surface area contributed by atoms with Crippen LogP contribution in [0.25, 0.3) is 0 Å². The molecule has 2 atom stereocenters. The molecule has 1 aromatic rings. The quantitative estimate of drug-likeness (QED) is 0.874. The maximum absolute atomic E-state index is 13.6. The summed E-state index contributed by atoms with van der Waals surface area (Å²) in [6.07, 6.45) is 0.338. The SMILES string of the molecule is CC(O)(Cc1c(F)cccc1F)CC1COCCN1. The van der Waals surface area contributed by atoms with Crippen LogP contribution in [0.3, 0.4) is 0 Å². The first kappa shape index (κ1) is 14.4. The van der Waals surface area contributed by atoms with Crippen LogP contribution in [-0.4, -0.2) is 36.5 Å². The lowest BCUT2D eigenvalue weighted by atomic mass is 9.89. The first-order chi connectivity index (χ1) is 8.98. The van der Waals surface area contributed by atoms with E-state index in [2.05, 4.69) is 5.32 Å². The Hall–Kier alpha value is -1.04. The second-order valence-corrected chi connectivity index (χ2v) is 5.30. The predicted octanol–water partition coefficient (Wildman–Crippen LogP) is 1.64. The standard InChI is InChI=1S/C14H19F2NO2/c1-14(18,7-10-9-19-6-5-17-10)8-11-12(15)3-2-4-13(11)16/h2-4,10,17-18H,5-9H2,1H3. The number of nitrogens with one attached hydrogen (secondary N) is 1. The zero-order valence-electron chi connectivity index (χ0n) is 11.0. The van der Waals surface area contributed by atoms with Crippen LogP contribution in [0.15, 0.2) is 18.2 Å². The number of halogens is 2. The van der Waals surface area contributed by atoms with Crippen molar-refractivity contribution in [2.75, 3.05) is 19.8 Å². The van der Waals surface area contributed by atoms with Gasteiger partial charge >= 0.3 is 0 Å². The molecule has 0 radical (unpaired) electrons. The van der Waals surface area contributed by atoms with Gasteiger partial charge in [0.25, 0.3) is 0 Å². The second kappa shape index (κ2) is 5.94. The highest BCUT2D eigenvalue weighted by molar-refractivity contribution is 5.21. The predicted molar refractivity (Wildman–Crippen MR) is 67.9 cm³/mol. The van der Waals surface area contributed by atoms with E-state index in [0.717, 1.165) is 6.54 Å². The molecule has 2 rings (SSSR count). The van der Waals surface area contributed by atoms with Crippen LogP contribution in [0, 0.1) is 11.6 Å². The lowest BCUT2D eigenvalue weighted by Gasteiger charge is -2.31. The van der Waals surface area contributed by atoms with E-state index in [4.69, 9.17) is 4.74 Å². The van der Waals surface area contributed by atoms with Gasteiger partial charge in [0.05, 0.1) is 18.8 Å². The third-order valence-corrected chi connectivity index (χ3v) is 3.30. The summed E-state index contributed by atoms with van der Waals surface area (Å²) in [4.78, 5) is 0. The largest absolute Gasteiger partial charge is 0.390 e. The number of ether oxygens (including phenoxy) is 1. The van der Waals surface area contributed by atoms with Gasteiger partial charge in [-0.15, -0.1) is 0 Å². The number of hydrogen-bond acceptors (Lipinski definition) is 3. The maximum Gasteiger partial charge on any atom is 0.129 e. The highest BCUT2D eigenvalue weighted by Gasteiger charge is 2.29. The van der Waals surface area contributed by atoms with Gasteiger partial charge in [-0.1, -0.05) is 6.07 Å². The molecule has 0 bridgehead atoms. The summed E-state index contributed by atoms with van der Waals surface area (Å²) in [5.41, 5.74) is -1.24. The molecule has 1 heterocycles. The molecule has 106 valence electrons. The fourth-order valence-corrected chi connectivity index (χ4v) is 2.44. The molecule has 0 aliphatic carbocycles. The van der Waals surface area contributed by atoms with Gasteiger partial charge in [0.2, 0.25) is 0 Å². The molecule has 0 spiro atoms. The summed E-state index contributed by atoms with van der Waals surface area (Å²) in [5.74, 6) is -1.23. The third-order valence-electron chi connectivity index (χ3n) is 3.30. The molecular formula is C14H19F2NO2. The van der Waals surface area contributed by atoms with Crippen molar-refractivity contribution in [2.45, 2.75) is 31.4 Å². The van der Waals surface area contributed by atoms with Gasteiger partial charge < -0.3 is 15.2 Å². The Labute approximate surface area is 111 Å². The number of morpholine rings is 1. The summed E-state index contributed by atoms with van der Waals surface area (Å²) in [6.45, 7) is 3.49. The van der Waals surface area contributed by atoms with E-state index >= 15 is 0 Å². The van der Waals surface area contributed by atoms with Crippen LogP contribution < -0.4 is 5.32 Å². The van der Waals surface area contributed by atoms with Crippen molar-refractivity contribution in [2.24, 2.45) is 0 Å². The number of hydrogen-bond donors (Lipinski definition) is 2. The first-order valence-electron chi connectivity index (χ1n) is 6.44. The Kier molecular flexibility index (Phi) is 4.50. The van der Waals surface area contributed by atoms with Gasteiger partial charge in [-0.05, 0) is 25.5 Å². The maximum atomic E-state index is 13.6. The fourth-order valence-electron chi connectivity index (χ4n) is 2.44. The summed E-state index contributed by atoms with van der Waals surface area (Å²) >= 11 is 0. The lowest BCUT2D eigenvalue weighted by Crippen LogP contribution is -2.46. The van der Waals surface area contributed by atoms with Crippen LogP contribution in [0.1, 0.15) is 18.9 Å². The van der Waals surface area contributed by atoms with E-state index in [1.807, 2.05) is 0 Å². The van der Waals surface area contributed by atoms with Crippen LogP contribution >= 0.6 is 0 Å². The van der Waals surface area contributed by atoms with Crippen LogP contribution in [-0.2, 0) is 11.2 Å². The molecule has 2 unspecified atom stereocenters. The van der Waals surface area contributed by atoms with Crippen molar-refractivity contribution in [3.8, 4) is 0 Å². The van der Waals surface area contributed by atoms with Crippen LogP contribution in [0.4, 0.5) is 8.78 Å². The summed E-state index contributed by atoms with van der Waals surface area (Å²) in [5, 5.41) is 13.6. The van der Waals surface area contributed by atoms with Crippen molar-refractivity contribution in [1.82, 2.24) is 5.32 Å². The number of rotatable bonds is 4. The smallest absolute Gasteiger partial charge is 0.129 e. The van der Waals surface area contributed by atoms with Crippen LogP contribution in [0.5, 0.6) is 0 Å². The summed E-state index contributed by atoms with van der Waals surface area (Å²) < 4.78 is 32.4. The minimum absolute atomic E-state index is 0.0126. The Morgan fingerprint density at radius 1 is 1.42 bits per heavy atom. The van der Waals surface area contributed by atoms with Gasteiger partial charge in [0.15, 0.2) is 0 Å². The summed E-state index contributed by atoms with van der Waals surface area (Å²) in [6, 6.07) is 3.74. The highest BCUT2D eigenvalue weighted by Crippen LogP contribution is 2.23. The first-order valence-corrected chi connectivity index (χ1v) is 6.44. The summed E-state index contributed by atoms with van der Waals surface area (Å²) in [7, 11) is 0. The van der Waals surface area contributed by atoms with Crippen molar-refractivity contribution in [3.63, 3.8) is 0 Å². The monoisotopic (exact) mass is 271 g/mol. The van der Waals surface area contributed by atoms with E-state index < -0.39 is 17.2 Å². The fraction of sp³-hybridized carbons (Fsp3) is 0.571. The minimum atomic E-state index is -1.18. The second-order valence-electron chi connectivity index (χ2n) is 5.30. The van der Waals surface area contributed by atoms with E-state index in [0.29, 0.717) is 19.6 Å². The van der Waals surface area contributed by atoms with Crippen molar-refractivity contribution < 1.29 is 18.6 Å². The topological polar surface area (TPSA) is 41.5 Å². The minimum Gasteiger partial charge on any atom is -0.390 e. The Balaban J connectivity index is 2.03. The van der Waals surface area contributed by atoms with E-state index in [-0.39, 0.29) is 18.0 Å². The Bertz CT molecular complexity index is 411. The van der Waals surface area contributed by atoms with Gasteiger partial charge in [0, 0.05) is 24.6 Å². The molecule has 0 amide bonds. The molecule has 0 saturated carbocycles. The van der Waals surface area contributed by atoms with Gasteiger partial charge in [-0.3, -0.25) is 0 Å². The average Bonchev–Trinajstić information content (AvgIpc) is 2.35. The van der Waals surface area contributed by atoms with E-state index in [1.54, 1.807) is 6.92 Å². The van der Waals surface area contributed by atoms with Crippen molar-refractivity contribution in [3.05, 3.63) is 35.4 Å². The molecule has 1 aliphatic heterocycles. The molecule has 2 N–H and O–H groups in total. The van der Waals surface area contributed by atoms with E-state index in [1.165, 1.54) is 18.2 Å². The zero-order chi connectivity index (χ0) is 13.9. The molecular weight excluding hydrogens is 252 g/mol. The van der Waals surface area contributed by atoms with Gasteiger partial charge in [-0.2, -0.15) is 0 Å². The molecule has 1 fully saturated rings. The molecule has 1 aromatic carbocycles. The lowest BCUT2D eigenvalue weighted by molar-refractivity contribution is 0.00556. The molecule has 5 heteroatoms. The normalized spacial score (nSPS) is 23.1. The zero-order valence-corrected chi connectivity index (χ0v) is 11.0. The Morgan fingerprint density at radius 2 is 2.11 bits per heavy atom. The Morgan fingerprint density at radius 3 is 2.68 bits per heavy atom. The van der Waals surface area contributed by atoms with Gasteiger partial charge in [0.1, 0.15) is 11.6 Å². The molecule has 1 aliphatic rings. The van der Waals surface area contributed by atoms with Gasteiger partial charge in [-0.25, -0.2) is 8.78 Å². The molecule has 0 aromatic heterocycles. The molecule has 19 heavy (non-hydrogen) atoms. The average molecular weight is 271 g/mol. The van der Waals surface area contributed by atoms with E-state index in [9.17, 15) is 13.9 Å².